The van der Waals surface area contributed by atoms with Crippen molar-refractivity contribution in [2.45, 2.75) is 13.0 Å². The Balaban J connectivity index is 1.91. The van der Waals surface area contributed by atoms with Crippen LogP contribution >= 0.6 is 0 Å². The van der Waals surface area contributed by atoms with Crippen molar-refractivity contribution in [1.29, 1.82) is 5.26 Å². The van der Waals surface area contributed by atoms with Crippen LogP contribution < -0.4 is 5.32 Å². The molecule has 2 rings (SSSR count). The van der Waals surface area contributed by atoms with Crippen molar-refractivity contribution in [2.24, 2.45) is 0 Å². The lowest BCUT2D eigenvalue weighted by Crippen LogP contribution is -2.47. The predicted octanol–water partition coefficient (Wildman–Crippen LogP) is 1.22. The highest BCUT2D eigenvalue weighted by molar-refractivity contribution is 5.92. The SMILES string of the molecule is CC1COCCN1CC(=O)Nc1cccc(C#N)c1. The summed E-state index contributed by atoms with van der Waals surface area (Å²) in [5, 5.41) is 11.6. The fraction of sp³-hybridized carbons (Fsp3) is 0.429. The molecule has 0 aliphatic carbocycles. The summed E-state index contributed by atoms with van der Waals surface area (Å²) in [6.07, 6.45) is 0. The van der Waals surface area contributed by atoms with Gasteiger partial charge in [-0.1, -0.05) is 6.07 Å². The molecule has 1 aliphatic heterocycles. The van der Waals surface area contributed by atoms with Crippen LogP contribution in [0.4, 0.5) is 5.69 Å². The van der Waals surface area contributed by atoms with Gasteiger partial charge < -0.3 is 10.1 Å². The fourth-order valence-electron chi connectivity index (χ4n) is 2.05. The van der Waals surface area contributed by atoms with Gasteiger partial charge in [-0.05, 0) is 25.1 Å². The van der Waals surface area contributed by atoms with E-state index in [1.807, 2.05) is 6.92 Å². The number of nitrogens with one attached hydrogen (secondary N) is 1. The lowest BCUT2D eigenvalue weighted by Gasteiger charge is -2.32. The molecule has 1 aromatic rings. The average molecular weight is 259 g/mol. The Bertz CT molecular complexity index is 496. The first-order valence-electron chi connectivity index (χ1n) is 6.31. The summed E-state index contributed by atoms with van der Waals surface area (Å²) in [5.74, 6) is -0.0659. The van der Waals surface area contributed by atoms with Crippen molar-refractivity contribution in [1.82, 2.24) is 4.90 Å². The molecule has 1 N–H and O–H groups in total. The van der Waals surface area contributed by atoms with Gasteiger partial charge in [-0.15, -0.1) is 0 Å². The molecule has 0 aromatic heterocycles. The largest absolute Gasteiger partial charge is 0.379 e. The second kappa shape index (κ2) is 6.32. The monoisotopic (exact) mass is 259 g/mol. The third kappa shape index (κ3) is 3.78. The number of carbonyl (C=O) groups is 1. The first kappa shape index (κ1) is 13.5. The molecule has 1 heterocycles. The first-order chi connectivity index (χ1) is 9.19. The van der Waals surface area contributed by atoms with Gasteiger partial charge in [0.1, 0.15) is 0 Å². The van der Waals surface area contributed by atoms with Gasteiger partial charge in [-0.2, -0.15) is 5.26 Å². The maximum atomic E-state index is 11.9. The Morgan fingerprint density at radius 3 is 3.21 bits per heavy atom. The average Bonchev–Trinajstić information content (AvgIpc) is 2.41. The summed E-state index contributed by atoms with van der Waals surface area (Å²) in [6.45, 7) is 4.50. The second-order valence-corrected chi connectivity index (χ2v) is 4.64. The molecule has 1 aromatic carbocycles. The Morgan fingerprint density at radius 1 is 1.63 bits per heavy atom. The summed E-state index contributed by atoms with van der Waals surface area (Å²) < 4.78 is 5.33. The molecule has 1 aliphatic rings. The zero-order valence-corrected chi connectivity index (χ0v) is 10.9. The van der Waals surface area contributed by atoms with Crippen LogP contribution in [-0.2, 0) is 9.53 Å². The molecule has 5 heteroatoms. The first-order valence-corrected chi connectivity index (χ1v) is 6.31. The van der Waals surface area contributed by atoms with E-state index in [9.17, 15) is 4.79 Å². The lowest BCUT2D eigenvalue weighted by molar-refractivity contribution is -0.119. The molecule has 0 bridgehead atoms. The maximum absolute atomic E-state index is 11.9. The van der Waals surface area contributed by atoms with Gasteiger partial charge >= 0.3 is 0 Å². The fourth-order valence-corrected chi connectivity index (χ4v) is 2.05. The van der Waals surface area contributed by atoms with Crippen LogP contribution in [0, 0.1) is 11.3 Å². The molecule has 5 nitrogen and oxygen atoms in total. The highest BCUT2D eigenvalue weighted by Gasteiger charge is 2.20. The van der Waals surface area contributed by atoms with Gasteiger partial charge in [0.15, 0.2) is 0 Å². The molecular weight excluding hydrogens is 242 g/mol. The van der Waals surface area contributed by atoms with Crippen molar-refractivity contribution < 1.29 is 9.53 Å². The Kier molecular flexibility index (Phi) is 4.50. The maximum Gasteiger partial charge on any atom is 0.238 e. The number of hydrogen-bond acceptors (Lipinski definition) is 4. The molecule has 1 amide bonds. The summed E-state index contributed by atoms with van der Waals surface area (Å²) in [6, 6.07) is 9.22. The van der Waals surface area contributed by atoms with Gasteiger partial charge in [0.25, 0.3) is 0 Å². The van der Waals surface area contributed by atoms with E-state index >= 15 is 0 Å². The molecule has 19 heavy (non-hydrogen) atoms. The summed E-state index contributed by atoms with van der Waals surface area (Å²) in [5.41, 5.74) is 1.20. The molecule has 1 atom stereocenters. The minimum absolute atomic E-state index is 0.0659. The van der Waals surface area contributed by atoms with E-state index < -0.39 is 0 Å². The zero-order chi connectivity index (χ0) is 13.7. The Hall–Kier alpha value is -1.90. The van der Waals surface area contributed by atoms with Crippen molar-refractivity contribution in [3.63, 3.8) is 0 Å². The number of benzene rings is 1. The number of nitrogens with zero attached hydrogens (tertiary/aromatic N) is 2. The van der Waals surface area contributed by atoms with Crippen molar-refractivity contribution >= 4 is 11.6 Å². The molecule has 0 spiro atoms. The summed E-state index contributed by atoms with van der Waals surface area (Å²) >= 11 is 0. The number of morpholine rings is 1. The molecular formula is C14H17N3O2. The summed E-state index contributed by atoms with van der Waals surface area (Å²) in [7, 11) is 0. The third-order valence-electron chi connectivity index (χ3n) is 3.13. The number of rotatable bonds is 3. The van der Waals surface area contributed by atoms with E-state index in [1.54, 1.807) is 24.3 Å². The lowest BCUT2D eigenvalue weighted by atomic mass is 10.2. The molecule has 1 unspecified atom stereocenters. The molecule has 100 valence electrons. The van der Waals surface area contributed by atoms with E-state index in [2.05, 4.69) is 16.3 Å². The minimum Gasteiger partial charge on any atom is -0.379 e. The summed E-state index contributed by atoms with van der Waals surface area (Å²) in [4.78, 5) is 14.0. The second-order valence-electron chi connectivity index (χ2n) is 4.64. The smallest absolute Gasteiger partial charge is 0.238 e. The molecule has 0 saturated carbocycles. The number of amides is 1. The highest BCUT2D eigenvalue weighted by Crippen LogP contribution is 2.11. The number of hydrogen-bond donors (Lipinski definition) is 1. The minimum atomic E-state index is -0.0659. The highest BCUT2D eigenvalue weighted by atomic mass is 16.5. The van der Waals surface area contributed by atoms with Gasteiger partial charge in [0.05, 0.1) is 31.4 Å². The van der Waals surface area contributed by atoms with E-state index in [0.29, 0.717) is 31.0 Å². The Labute approximate surface area is 112 Å². The number of nitriles is 1. The predicted molar refractivity (Wildman–Crippen MR) is 71.6 cm³/mol. The van der Waals surface area contributed by atoms with Gasteiger partial charge in [0.2, 0.25) is 5.91 Å². The quantitative estimate of drug-likeness (QED) is 0.886. The van der Waals surface area contributed by atoms with Gasteiger partial charge in [-0.25, -0.2) is 0 Å². The third-order valence-corrected chi connectivity index (χ3v) is 3.13. The van der Waals surface area contributed by atoms with E-state index in [0.717, 1.165) is 6.54 Å². The standard InChI is InChI=1S/C14H17N3O2/c1-11-10-19-6-5-17(11)9-14(18)16-13-4-2-3-12(7-13)8-15/h2-4,7,11H,5-6,9-10H2,1H3,(H,16,18). The van der Waals surface area contributed by atoms with Gasteiger partial charge in [-0.3, -0.25) is 9.69 Å². The van der Waals surface area contributed by atoms with Crippen LogP contribution in [0.5, 0.6) is 0 Å². The number of ether oxygens (including phenoxy) is 1. The van der Waals surface area contributed by atoms with E-state index in [4.69, 9.17) is 10.00 Å². The van der Waals surface area contributed by atoms with Crippen molar-refractivity contribution in [3.05, 3.63) is 29.8 Å². The van der Waals surface area contributed by atoms with E-state index in [-0.39, 0.29) is 11.9 Å². The topological polar surface area (TPSA) is 65.4 Å². The van der Waals surface area contributed by atoms with Crippen molar-refractivity contribution in [3.8, 4) is 6.07 Å². The van der Waals surface area contributed by atoms with E-state index in [1.165, 1.54) is 0 Å². The van der Waals surface area contributed by atoms with Crippen molar-refractivity contribution in [2.75, 3.05) is 31.6 Å². The number of anilines is 1. The normalized spacial score (nSPS) is 19.7. The van der Waals surface area contributed by atoms with Crippen LogP contribution in [0.3, 0.4) is 0 Å². The molecule has 1 fully saturated rings. The van der Waals surface area contributed by atoms with Crippen LogP contribution in [0.15, 0.2) is 24.3 Å². The number of carbonyl (C=O) groups excluding carboxylic acids is 1. The van der Waals surface area contributed by atoms with Gasteiger partial charge in [0, 0.05) is 18.3 Å². The zero-order valence-electron chi connectivity index (χ0n) is 10.9. The Morgan fingerprint density at radius 2 is 2.47 bits per heavy atom. The van der Waals surface area contributed by atoms with Crippen LogP contribution in [0.25, 0.3) is 0 Å². The molecule has 0 radical (unpaired) electrons. The van der Waals surface area contributed by atoms with Crippen LogP contribution in [0.1, 0.15) is 12.5 Å². The van der Waals surface area contributed by atoms with Crippen LogP contribution in [0.2, 0.25) is 0 Å². The van der Waals surface area contributed by atoms with Crippen LogP contribution in [-0.4, -0.2) is 43.2 Å². The molecule has 1 saturated heterocycles.